The quantitative estimate of drug-likeness (QED) is 0.0320. The third kappa shape index (κ3) is 67.0. The van der Waals surface area contributed by atoms with E-state index < -0.39 is 12.1 Å². The molecule has 0 aromatic heterocycles. The molecule has 2 atom stereocenters. The number of esters is 1. The zero-order valence-electron chi connectivity index (χ0n) is 55.2. The lowest BCUT2D eigenvalue weighted by Crippen LogP contribution is -2.45. The molecule has 0 bridgehead atoms. The van der Waals surface area contributed by atoms with Gasteiger partial charge in [0.2, 0.25) is 5.91 Å². The molecule has 0 saturated carbocycles. The number of aliphatic hydroxyl groups is 2. The van der Waals surface area contributed by atoms with Crippen molar-refractivity contribution in [2.24, 2.45) is 0 Å². The highest BCUT2D eigenvalue weighted by Gasteiger charge is 2.18. The van der Waals surface area contributed by atoms with Crippen molar-refractivity contribution >= 4 is 11.9 Å². The van der Waals surface area contributed by atoms with Crippen molar-refractivity contribution in [2.75, 3.05) is 13.2 Å². The average molecular weight is 1150 g/mol. The number of hydrogen-bond donors (Lipinski definition) is 3. The first kappa shape index (κ1) is 79.8. The fourth-order valence-electron chi connectivity index (χ4n) is 11.4. The summed E-state index contributed by atoms with van der Waals surface area (Å²) in [6.45, 7) is 4.91. The first-order valence-corrected chi connectivity index (χ1v) is 36.9. The van der Waals surface area contributed by atoms with Gasteiger partial charge < -0.3 is 20.3 Å². The van der Waals surface area contributed by atoms with Crippen molar-refractivity contribution < 1.29 is 24.5 Å². The molecule has 0 rings (SSSR count). The van der Waals surface area contributed by atoms with E-state index in [2.05, 4.69) is 55.6 Å². The number of amides is 1. The van der Waals surface area contributed by atoms with E-state index in [1.807, 2.05) is 6.08 Å². The molecule has 0 spiro atoms. The standard InChI is InChI=1S/C76H143NO5/c1-3-5-7-9-11-13-15-44-48-52-56-60-64-68-74(79)73(72-78)77-75(80)69-65-61-57-53-49-46-42-40-38-36-34-32-30-28-26-24-22-20-18-17-19-21-23-25-27-29-31-33-35-37-39-41-43-47-51-55-59-63-67-71-82-76(81)70-66-62-58-54-50-45-16-14-12-10-8-6-4-2/h14,16-18,21,23,64,68,73-74,78-79H,3-13,15,19-20,22,24-63,65-67,69-72H2,1-2H3,(H,77,80)/b16-14-,18-17-,23-21-,68-64+. The predicted octanol–water partition coefficient (Wildman–Crippen LogP) is 24.0. The Morgan fingerprint density at radius 1 is 0.341 bits per heavy atom. The summed E-state index contributed by atoms with van der Waals surface area (Å²) in [5.74, 6) is -0.0528. The second-order valence-electron chi connectivity index (χ2n) is 25.3. The highest BCUT2D eigenvalue weighted by molar-refractivity contribution is 5.76. The van der Waals surface area contributed by atoms with Gasteiger partial charge in [-0.3, -0.25) is 9.59 Å². The maximum Gasteiger partial charge on any atom is 0.305 e. The highest BCUT2D eigenvalue weighted by atomic mass is 16.5. The number of ether oxygens (including phenoxy) is 1. The Morgan fingerprint density at radius 3 is 0.951 bits per heavy atom. The summed E-state index contributed by atoms with van der Waals surface area (Å²) < 4.78 is 5.48. The molecular weight excluding hydrogens is 1010 g/mol. The van der Waals surface area contributed by atoms with Crippen LogP contribution in [0, 0.1) is 0 Å². The number of hydrogen-bond acceptors (Lipinski definition) is 5. The van der Waals surface area contributed by atoms with Crippen LogP contribution >= 0.6 is 0 Å². The molecule has 0 saturated heterocycles. The minimum absolute atomic E-state index is 0.0109. The van der Waals surface area contributed by atoms with E-state index in [9.17, 15) is 19.8 Å². The molecule has 0 heterocycles. The van der Waals surface area contributed by atoms with Gasteiger partial charge in [-0.2, -0.15) is 0 Å². The van der Waals surface area contributed by atoms with Crippen LogP contribution in [0.4, 0.5) is 0 Å². The van der Waals surface area contributed by atoms with Crippen LogP contribution in [-0.4, -0.2) is 47.4 Å². The number of carbonyl (C=O) groups excluding carboxylic acids is 2. The first-order chi connectivity index (χ1) is 40.5. The molecule has 1 amide bonds. The normalized spacial score (nSPS) is 12.8. The Hall–Kier alpha value is -2.18. The second kappa shape index (κ2) is 71.3. The van der Waals surface area contributed by atoms with Gasteiger partial charge in [0.15, 0.2) is 0 Å². The number of allylic oxidation sites excluding steroid dienone is 7. The average Bonchev–Trinajstić information content (AvgIpc) is 3.48. The van der Waals surface area contributed by atoms with Gasteiger partial charge in [-0.15, -0.1) is 0 Å². The molecule has 2 unspecified atom stereocenters. The van der Waals surface area contributed by atoms with Crippen LogP contribution in [0.15, 0.2) is 48.6 Å². The molecular formula is C76H143NO5. The zero-order valence-corrected chi connectivity index (χ0v) is 55.2. The Morgan fingerprint density at radius 2 is 0.610 bits per heavy atom. The van der Waals surface area contributed by atoms with Gasteiger partial charge in [0.25, 0.3) is 0 Å². The van der Waals surface area contributed by atoms with Crippen LogP contribution in [0.1, 0.15) is 399 Å². The zero-order chi connectivity index (χ0) is 59.2. The van der Waals surface area contributed by atoms with E-state index in [0.29, 0.717) is 19.4 Å². The van der Waals surface area contributed by atoms with Crippen molar-refractivity contribution in [3.8, 4) is 0 Å². The van der Waals surface area contributed by atoms with E-state index in [1.54, 1.807) is 6.08 Å². The summed E-state index contributed by atoms with van der Waals surface area (Å²) in [6.07, 6.45) is 93.7. The Labute approximate surface area is 512 Å². The lowest BCUT2D eigenvalue weighted by atomic mass is 10.0. The minimum Gasteiger partial charge on any atom is -0.466 e. The maximum atomic E-state index is 12.5. The third-order valence-electron chi connectivity index (χ3n) is 17.1. The summed E-state index contributed by atoms with van der Waals surface area (Å²) in [6, 6.07) is -0.625. The topological polar surface area (TPSA) is 95.9 Å². The number of unbranched alkanes of at least 4 members (excludes halogenated alkanes) is 52. The molecule has 0 aromatic rings. The molecule has 0 aliphatic rings. The van der Waals surface area contributed by atoms with E-state index in [0.717, 1.165) is 51.4 Å². The number of carbonyl (C=O) groups is 2. The molecule has 3 N–H and O–H groups in total. The minimum atomic E-state index is -0.842. The molecule has 0 aliphatic heterocycles. The highest BCUT2D eigenvalue weighted by Crippen LogP contribution is 2.18. The van der Waals surface area contributed by atoms with E-state index >= 15 is 0 Å². The summed E-state index contributed by atoms with van der Waals surface area (Å²) in [4.78, 5) is 24.5. The van der Waals surface area contributed by atoms with Crippen LogP contribution in [0.25, 0.3) is 0 Å². The monoisotopic (exact) mass is 1150 g/mol. The van der Waals surface area contributed by atoms with E-state index in [4.69, 9.17) is 4.74 Å². The summed E-state index contributed by atoms with van der Waals surface area (Å²) in [5, 5.41) is 23.1. The van der Waals surface area contributed by atoms with Crippen molar-refractivity contribution in [3.63, 3.8) is 0 Å². The first-order valence-electron chi connectivity index (χ1n) is 36.9. The van der Waals surface area contributed by atoms with Gasteiger partial charge in [-0.25, -0.2) is 0 Å². The van der Waals surface area contributed by atoms with Crippen molar-refractivity contribution in [1.29, 1.82) is 0 Å². The SMILES string of the molecule is CCCCCC/C=C\CCCCCCCC(=O)OCCCCCCCCCCCCCCCCC/C=C\C/C=C\CCCCCCCCCCCCCCCCCCCC(=O)NC(CO)C(O)/C=C/CCCCCCCCCCCCC. The summed E-state index contributed by atoms with van der Waals surface area (Å²) in [7, 11) is 0. The van der Waals surface area contributed by atoms with Gasteiger partial charge in [-0.1, -0.05) is 345 Å². The van der Waals surface area contributed by atoms with Crippen molar-refractivity contribution in [3.05, 3.63) is 48.6 Å². The molecule has 0 radical (unpaired) electrons. The third-order valence-corrected chi connectivity index (χ3v) is 17.1. The molecule has 482 valence electrons. The fraction of sp³-hybridized carbons (Fsp3) is 0.868. The van der Waals surface area contributed by atoms with Crippen LogP contribution in [0.2, 0.25) is 0 Å². The Bertz CT molecular complexity index is 1370. The lowest BCUT2D eigenvalue weighted by Gasteiger charge is -2.20. The smallest absolute Gasteiger partial charge is 0.305 e. The van der Waals surface area contributed by atoms with Crippen LogP contribution in [0.3, 0.4) is 0 Å². The van der Waals surface area contributed by atoms with E-state index in [1.165, 1.54) is 321 Å². The lowest BCUT2D eigenvalue weighted by molar-refractivity contribution is -0.143. The largest absolute Gasteiger partial charge is 0.466 e. The van der Waals surface area contributed by atoms with Crippen molar-refractivity contribution in [2.45, 2.75) is 411 Å². The number of rotatable bonds is 69. The molecule has 0 aliphatic carbocycles. The van der Waals surface area contributed by atoms with Gasteiger partial charge >= 0.3 is 5.97 Å². The molecule has 0 fully saturated rings. The Balaban J connectivity index is 3.36. The molecule has 6 heteroatoms. The molecule has 82 heavy (non-hydrogen) atoms. The van der Waals surface area contributed by atoms with Crippen LogP contribution < -0.4 is 5.32 Å². The van der Waals surface area contributed by atoms with Crippen molar-refractivity contribution in [1.82, 2.24) is 5.32 Å². The van der Waals surface area contributed by atoms with E-state index in [-0.39, 0.29) is 18.5 Å². The van der Waals surface area contributed by atoms with Gasteiger partial charge in [0.1, 0.15) is 0 Å². The predicted molar refractivity (Wildman–Crippen MR) is 361 cm³/mol. The second-order valence-corrected chi connectivity index (χ2v) is 25.3. The van der Waals surface area contributed by atoms with Gasteiger partial charge in [0.05, 0.1) is 25.4 Å². The summed E-state index contributed by atoms with van der Waals surface area (Å²) >= 11 is 0. The summed E-state index contributed by atoms with van der Waals surface area (Å²) in [5.41, 5.74) is 0. The molecule has 0 aromatic carbocycles. The Kier molecular flexibility index (Phi) is 69.4. The molecule has 6 nitrogen and oxygen atoms in total. The number of nitrogens with one attached hydrogen (secondary N) is 1. The van der Waals surface area contributed by atoms with Gasteiger partial charge in [0, 0.05) is 12.8 Å². The van der Waals surface area contributed by atoms with Gasteiger partial charge in [-0.05, 0) is 89.9 Å². The van der Waals surface area contributed by atoms with Crippen LogP contribution in [0.5, 0.6) is 0 Å². The number of aliphatic hydroxyl groups excluding tert-OH is 2. The maximum absolute atomic E-state index is 12.5. The fourth-order valence-corrected chi connectivity index (χ4v) is 11.4. The van der Waals surface area contributed by atoms with Crippen LogP contribution in [-0.2, 0) is 14.3 Å².